The summed E-state index contributed by atoms with van der Waals surface area (Å²) < 4.78 is 11.1. The minimum absolute atomic E-state index is 0.0391. The lowest BCUT2D eigenvalue weighted by Crippen LogP contribution is -2.41. The third-order valence-electron chi connectivity index (χ3n) is 3.21. The van der Waals surface area contributed by atoms with Crippen molar-refractivity contribution < 1.29 is 9.15 Å². The topological polar surface area (TPSA) is 34.4 Å². The predicted octanol–water partition coefficient (Wildman–Crippen LogP) is 2.37. The number of hydrogen-bond acceptors (Lipinski definition) is 3. The fourth-order valence-corrected chi connectivity index (χ4v) is 2.17. The van der Waals surface area contributed by atoms with Gasteiger partial charge in [-0.15, -0.1) is 0 Å². The molecule has 1 saturated heterocycles. The van der Waals surface area contributed by atoms with E-state index in [1.165, 1.54) is 6.42 Å². The van der Waals surface area contributed by atoms with Crippen LogP contribution in [0.1, 0.15) is 32.4 Å². The number of rotatable bonds is 5. The molecule has 0 spiro atoms. The molecule has 0 aromatic carbocycles. The van der Waals surface area contributed by atoms with Gasteiger partial charge in [-0.3, -0.25) is 0 Å². The third kappa shape index (κ3) is 3.09. The van der Waals surface area contributed by atoms with Gasteiger partial charge in [0.25, 0.3) is 0 Å². The first-order chi connectivity index (χ1) is 7.68. The number of ether oxygens (including phenoxy) is 1. The highest BCUT2D eigenvalue weighted by Crippen LogP contribution is 2.24. The molecule has 0 amide bonds. The van der Waals surface area contributed by atoms with E-state index in [-0.39, 0.29) is 5.60 Å². The van der Waals surface area contributed by atoms with Gasteiger partial charge in [0.1, 0.15) is 5.76 Å². The highest BCUT2D eigenvalue weighted by Gasteiger charge is 2.29. The second-order valence-electron chi connectivity index (χ2n) is 4.97. The summed E-state index contributed by atoms with van der Waals surface area (Å²) in [5.41, 5.74) is 0.0391. The Bertz CT molecular complexity index is 302. The summed E-state index contributed by atoms with van der Waals surface area (Å²) in [6.45, 7) is 6.20. The van der Waals surface area contributed by atoms with Crippen LogP contribution in [0.25, 0.3) is 0 Å². The molecular formula is C13H21NO2. The summed E-state index contributed by atoms with van der Waals surface area (Å²) >= 11 is 0. The van der Waals surface area contributed by atoms with E-state index >= 15 is 0 Å². The Hall–Kier alpha value is -0.800. The smallest absolute Gasteiger partial charge is 0.105 e. The molecule has 0 saturated carbocycles. The van der Waals surface area contributed by atoms with E-state index in [0.29, 0.717) is 6.04 Å². The Labute approximate surface area is 97.2 Å². The van der Waals surface area contributed by atoms with Crippen molar-refractivity contribution in [3.8, 4) is 0 Å². The lowest BCUT2D eigenvalue weighted by molar-refractivity contribution is 0.0190. The fourth-order valence-electron chi connectivity index (χ4n) is 2.17. The van der Waals surface area contributed by atoms with Gasteiger partial charge in [-0.25, -0.2) is 0 Å². The average molecular weight is 223 g/mol. The number of hydrogen-bond donors (Lipinski definition) is 1. The molecule has 1 aromatic heterocycles. The van der Waals surface area contributed by atoms with Crippen molar-refractivity contribution in [1.82, 2.24) is 5.32 Å². The van der Waals surface area contributed by atoms with Crippen molar-refractivity contribution in [3.05, 3.63) is 24.2 Å². The van der Waals surface area contributed by atoms with Gasteiger partial charge >= 0.3 is 0 Å². The summed E-state index contributed by atoms with van der Waals surface area (Å²) in [7, 11) is 0. The van der Waals surface area contributed by atoms with E-state index in [1.807, 2.05) is 12.1 Å². The van der Waals surface area contributed by atoms with Crippen molar-refractivity contribution in [2.75, 3.05) is 13.2 Å². The molecule has 2 heterocycles. The van der Waals surface area contributed by atoms with Crippen molar-refractivity contribution in [2.24, 2.45) is 0 Å². The summed E-state index contributed by atoms with van der Waals surface area (Å²) in [4.78, 5) is 0. The van der Waals surface area contributed by atoms with Crippen LogP contribution in [0.3, 0.4) is 0 Å². The van der Waals surface area contributed by atoms with Crippen molar-refractivity contribution in [2.45, 2.75) is 44.8 Å². The van der Waals surface area contributed by atoms with E-state index in [9.17, 15) is 0 Å². The first-order valence-electron chi connectivity index (χ1n) is 6.08. The van der Waals surface area contributed by atoms with Crippen LogP contribution in [-0.4, -0.2) is 24.8 Å². The van der Waals surface area contributed by atoms with Crippen LogP contribution in [0.2, 0.25) is 0 Å². The second kappa shape index (κ2) is 5.02. The quantitative estimate of drug-likeness (QED) is 0.832. The Balaban J connectivity index is 1.73. The monoisotopic (exact) mass is 223 g/mol. The molecule has 2 unspecified atom stereocenters. The zero-order valence-corrected chi connectivity index (χ0v) is 10.2. The van der Waals surface area contributed by atoms with Gasteiger partial charge in [0.05, 0.1) is 11.9 Å². The Morgan fingerprint density at radius 1 is 1.56 bits per heavy atom. The third-order valence-corrected chi connectivity index (χ3v) is 3.21. The Morgan fingerprint density at radius 2 is 2.44 bits per heavy atom. The van der Waals surface area contributed by atoms with Gasteiger partial charge in [-0.05, 0) is 38.8 Å². The zero-order chi connectivity index (χ0) is 11.4. The maximum atomic E-state index is 5.74. The minimum atomic E-state index is 0.0391. The van der Waals surface area contributed by atoms with Gasteiger partial charge in [0, 0.05) is 25.6 Å². The Morgan fingerprint density at radius 3 is 3.06 bits per heavy atom. The van der Waals surface area contributed by atoms with Crippen molar-refractivity contribution in [1.29, 1.82) is 0 Å². The van der Waals surface area contributed by atoms with Gasteiger partial charge < -0.3 is 14.5 Å². The molecule has 0 radical (unpaired) electrons. The lowest BCUT2D eigenvalue weighted by atomic mass is 10.0. The summed E-state index contributed by atoms with van der Waals surface area (Å²) in [5.74, 6) is 1.04. The molecule has 2 atom stereocenters. The van der Waals surface area contributed by atoms with Crippen LogP contribution in [0.5, 0.6) is 0 Å². The molecule has 1 fully saturated rings. The standard InChI is InChI=1S/C13H21NO2/c1-11(9-12-5-3-7-15-12)14-10-13(2)6-4-8-16-13/h3,5,7,11,14H,4,6,8-10H2,1-2H3. The summed E-state index contributed by atoms with van der Waals surface area (Å²) in [6.07, 6.45) is 5.00. The molecule has 3 nitrogen and oxygen atoms in total. The maximum Gasteiger partial charge on any atom is 0.105 e. The predicted molar refractivity (Wildman–Crippen MR) is 63.5 cm³/mol. The van der Waals surface area contributed by atoms with E-state index in [2.05, 4.69) is 19.2 Å². The van der Waals surface area contributed by atoms with Crippen LogP contribution in [0, 0.1) is 0 Å². The molecule has 3 heteroatoms. The SMILES string of the molecule is CC(Cc1ccco1)NCC1(C)CCCO1. The van der Waals surface area contributed by atoms with Crippen LogP contribution >= 0.6 is 0 Å². The summed E-state index contributed by atoms with van der Waals surface area (Å²) in [5, 5.41) is 3.52. The zero-order valence-electron chi connectivity index (χ0n) is 10.2. The Kier molecular flexibility index (Phi) is 3.66. The minimum Gasteiger partial charge on any atom is -0.469 e. The normalized spacial score (nSPS) is 27.1. The summed E-state index contributed by atoms with van der Waals surface area (Å²) in [6, 6.07) is 4.38. The fraction of sp³-hybridized carbons (Fsp3) is 0.692. The van der Waals surface area contributed by atoms with Crippen LogP contribution in [-0.2, 0) is 11.2 Å². The molecule has 90 valence electrons. The lowest BCUT2D eigenvalue weighted by Gasteiger charge is -2.25. The number of furan rings is 1. The maximum absolute atomic E-state index is 5.74. The second-order valence-corrected chi connectivity index (χ2v) is 4.97. The van der Waals surface area contributed by atoms with Crippen LogP contribution in [0.15, 0.2) is 22.8 Å². The van der Waals surface area contributed by atoms with Gasteiger partial charge in [-0.1, -0.05) is 0 Å². The highest BCUT2D eigenvalue weighted by atomic mass is 16.5. The van der Waals surface area contributed by atoms with Gasteiger partial charge in [-0.2, -0.15) is 0 Å². The highest BCUT2D eigenvalue weighted by molar-refractivity contribution is 5.00. The first kappa shape index (κ1) is 11.7. The molecule has 1 aromatic rings. The molecule has 0 aliphatic carbocycles. The molecule has 2 rings (SSSR count). The van der Waals surface area contributed by atoms with E-state index in [1.54, 1.807) is 6.26 Å². The van der Waals surface area contributed by atoms with Crippen molar-refractivity contribution >= 4 is 0 Å². The van der Waals surface area contributed by atoms with E-state index in [0.717, 1.165) is 31.8 Å². The first-order valence-corrected chi connectivity index (χ1v) is 6.08. The molecule has 1 aliphatic rings. The van der Waals surface area contributed by atoms with Crippen molar-refractivity contribution in [3.63, 3.8) is 0 Å². The largest absolute Gasteiger partial charge is 0.469 e. The molecule has 1 N–H and O–H groups in total. The molecule has 16 heavy (non-hydrogen) atoms. The van der Waals surface area contributed by atoms with Gasteiger partial charge in [0.15, 0.2) is 0 Å². The van der Waals surface area contributed by atoms with E-state index < -0.39 is 0 Å². The van der Waals surface area contributed by atoms with Crippen LogP contribution in [0.4, 0.5) is 0 Å². The average Bonchev–Trinajstić information content (AvgIpc) is 2.88. The number of nitrogens with one attached hydrogen (secondary N) is 1. The van der Waals surface area contributed by atoms with E-state index in [4.69, 9.17) is 9.15 Å². The molecule has 0 bridgehead atoms. The van der Waals surface area contributed by atoms with Gasteiger partial charge in [0.2, 0.25) is 0 Å². The molecule has 1 aliphatic heterocycles. The van der Waals surface area contributed by atoms with Crippen LogP contribution < -0.4 is 5.32 Å². The molecular weight excluding hydrogens is 202 g/mol.